The number of rotatable bonds is 15. The van der Waals surface area contributed by atoms with Crippen LogP contribution in [0.2, 0.25) is 0 Å². The van der Waals surface area contributed by atoms with Crippen molar-refractivity contribution < 1.29 is 173 Å². The maximum absolute atomic E-state index is 10.9. The molecule has 43 heavy (non-hydrogen) atoms. The summed E-state index contributed by atoms with van der Waals surface area (Å²) in [6, 6.07) is 0. The van der Waals surface area contributed by atoms with Crippen molar-refractivity contribution in [3.8, 4) is 0 Å². The van der Waals surface area contributed by atoms with Crippen molar-refractivity contribution in [2.45, 2.75) is 55.3 Å². The van der Waals surface area contributed by atoms with Gasteiger partial charge in [-0.25, -0.2) is 0 Å². The van der Waals surface area contributed by atoms with Crippen LogP contribution in [0.3, 0.4) is 0 Å². The minimum absolute atomic E-state index is 0. The molecule has 0 bridgehead atoms. The second-order valence-corrected chi connectivity index (χ2v) is 7.14. The van der Waals surface area contributed by atoms with Crippen molar-refractivity contribution in [3.63, 3.8) is 0 Å². The number of hydrogen-bond donors (Lipinski definition) is 0. The van der Waals surface area contributed by atoms with Gasteiger partial charge in [-0.15, -0.1) is 0 Å². The van der Waals surface area contributed by atoms with Gasteiger partial charge < -0.3 is 104 Å². The molecular formula is C18H12Fe4O21. The molecule has 0 spiro atoms. The van der Waals surface area contributed by atoms with Gasteiger partial charge in [0.1, 0.15) is 0 Å². The first kappa shape index (κ1) is 56.0. The molecule has 0 aliphatic heterocycles. The smallest absolute Gasteiger partial charge is 0.845 e. The average molecular weight is 788 g/mol. The maximum atomic E-state index is 10.9. The molecule has 0 rings (SSSR count). The zero-order valence-electron chi connectivity index (χ0n) is 20.2. The molecular weight excluding hydrogens is 776 g/mol. The van der Waals surface area contributed by atoms with Gasteiger partial charge >= 0.3 is 68.3 Å². The van der Waals surface area contributed by atoms with E-state index in [1.807, 2.05) is 0 Å². The molecule has 0 aromatic rings. The average Bonchev–Trinajstić information content (AvgIpc) is 2.64. The van der Waals surface area contributed by atoms with E-state index in [-0.39, 0.29) is 68.3 Å². The van der Waals surface area contributed by atoms with E-state index in [2.05, 4.69) is 0 Å². The van der Waals surface area contributed by atoms with Crippen molar-refractivity contribution in [2.24, 2.45) is 0 Å². The van der Waals surface area contributed by atoms with E-state index in [1.165, 1.54) is 0 Å². The molecule has 0 N–H and O–H groups in total. The van der Waals surface area contributed by atoms with Crippen LogP contribution in [0.1, 0.15) is 38.5 Å². The normalized spacial score (nSPS) is 9.84. The van der Waals surface area contributed by atoms with Crippen LogP contribution in [0.4, 0.5) is 0 Å². The third kappa shape index (κ3) is 26.5. The standard InChI is InChI=1S/3C6H7O7.4Fe/c3*7-3(8)1-6(13,5(11)12)2-4(9)10;;;;/h3*1-2H2,(H,7,8)(H,9,10)(H,11,12);;;;/q3*-1;4*+3/p-9. The van der Waals surface area contributed by atoms with Gasteiger partial charge in [-0.3, -0.25) is 0 Å². The Kier molecular flexibility index (Phi) is 32.1. The molecule has 0 atom stereocenters. The van der Waals surface area contributed by atoms with Crippen LogP contribution in [-0.4, -0.2) is 70.5 Å². The summed E-state index contributed by atoms with van der Waals surface area (Å²) in [5.41, 5.74) is -9.67. The van der Waals surface area contributed by atoms with Crippen molar-refractivity contribution in [1.82, 2.24) is 0 Å². The molecule has 0 saturated carbocycles. The van der Waals surface area contributed by atoms with Crippen LogP contribution in [0, 0.1) is 0 Å². The molecule has 0 saturated heterocycles. The quantitative estimate of drug-likeness (QED) is 0.139. The number of carboxylic acids is 9. The van der Waals surface area contributed by atoms with Crippen LogP contribution >= 0.6 is 0 Å². The van der Waals surface area contributed by atoms with Crippen molar-refractivity contribution in [1.29, 1.82) is 0 Å². The zero-order chi connectivity index (χ0) is 31.9. The number of carbonyl (C=O) groups is 9. The van der Waals surface area contributed by atoms with E-state index in [0.29, 0.717) is 0 Å². The minimum atomic E-state index is -3.22. The van der Waals surface area contributed by atoms with Gasteiger partial charge in [-0.1, -0.05) is 16.8 Å². The Morgan fingerprint density at radius 2 is 0.395 bits per heavy atom. The SMILES string of the molecule is O=C([O-])CC([O-])(CC(=O)[O-])C(=O)[O-].O=C([O-])CC([O-])(CC(=O)[O-])C(=O)[O-].O=C([O-])CC([O-])(CC(=O)[O-])C(=O)[O-].[Fe+3].[Fe+3].[Fe+3].[Fe+3]. The Labute approximate surface area is 280 Å². The van der Waals surface area contributed by atoms with Crippen LogP contribution in [0.15, 0.2) is 0 Å². The molecule has 0 amide bonds. The molecule has 0 aromatic heterocycles. The van der Waals surface area contributed by atoms with E-state index >= 15 is 0 Å². The molecule has 0 aromatic carbocycles. The van der Waals surface area contributed by atoms with Gasteiger partial charge in [-0.2, -0.15) is 0 Å². The van der Waals surface area contributed by atoms with Crippen LogP contribution in [0.5, 0.6) is 0 Å². The largest absolute Gasteiger partial charge is 3.00 e. The fourth-order valence-electron chi connectivity index (χ4n) is 2.02. The summed E-state index contributed by atoms with van der Waals surface area (Å²) in [7, 11) is 0. The summed E-state index contributed by atoms with van der Waals surface area (Å²) < 4.78 is 0. The van der Waals surface area contributed by atoms with Gasteiger partial charge in [0.25, 0.3) is 0 Å². The fourth-order valence-corrected chi connectivity index (χ4v) is 2.02. The first-order valence-electron chi connectivity index (χ1n) is 9.28. The summed E-state index contributed by atoms with van der Waals surface area (Å²) in [6.45, 7) is 0. The van der Waals surface area contributed by atoms with Gasteiger partial charge in [0, 0.05) is 53.7 Å². The van der Waals surface area contributed by atoms with Crippen LogP contribution in [0.25, 0.3) is 0 Å². The summed E-state index contributed by atoms with van der Waals surface area (Å²) in [5.74, 6) is -18.7. The molecule has 4 radical (unpaired) electrons. The van der Waals surface area contributed by atoms with Gasteiger partial charge in [0.05, 0.1) is 0 Å². The Hall–Kier alpha value is -2.81. The van der Waals surface area contributed by atoms with Crippen molar-refractivity contribution >= 4 is 53.7 Å². The molecule has 0 aliphatic carbocycles. The van der Waals surface area contributed by atoms with E-state index in [4.69, 9.17) is 0 Å². The zero-order valence-corrected chi connectivity index (χ0v) is 24.6. The van der Waals surface area contributed by atoms with Gasteiger partial charge in [-0.05, 0) is 38.5 Å². The molecule has 0 aliphatic rings. The first-order valence-corrected chi connectivity index (χ1v) is 9.28. The van der Waals surface area contributed by atoms with Crippen molar-refractivity contribution in [3.05, 3.63) is 0 Å². The summed E-state index contributed by atoms with van der Waals surface area (Å²) in [4.78, 5) is 89.6. The Morgan fingerprint density at radius 1 is 0.302 bits per heavy atom. The molecule has 25 heteroatoms. The maximum Gasteiger partial charge on any atom is 3.00 e. The van der Waals surface area contributed by atoms with Gasteiger partial charge in [0.2, 0.25) is 0 Å². The Bertz CT molecular complexity index is 825. The third-order valence-corrected chi connectivity index (χ3v) is 3.70. The Morgan fingerprint density at radius 3 is 0.442 bits per heavy atom. The molecule has 242 valence electrons. The topological polar surface area (TPSA) is 430 Å². The first-order chi connectivity index (χ1) is 17.3. The number of hydrogen-bond acceptors (Lipinski definition) is 21. The predicted molar refractivity (Wildman–Crippen MR) is 81.0 cm³/mol. The molecule has 0 unspecified atom stereocenters. The van der Waals surface area contributed by atoms with E-state index < -0.39 is 109 Å². The summed E-state index contributed by atoms with van der Waals surface area (Å²) in [6.07, 6.45) is -8.81. The summed E-state index contributed by atoms with van der Waals surface area (Å²) >= 11 is 0. The summed E-state index contributed by atoms with van der Waals surface area (Å²) in [5, 5.41) is 122. The molecule has 21 nitrogen and oxygen atoms in total. The number of carbonyl (C=O) groups excluding carboxylic acids is 9. The van der Waals surface area contributed by atoms with Crippen LogP contribution < -0.4 is 61.3 Å². The Balaban J connectivity index is -0.0000000864. The predicted octanol–water partition coefficient (Wildman–Crippen LogP) is -17.7. The monoisotopic (exact) mass is 788 g/mol. The fraction of sp³-hybridized carbons (Fsp3) is 0.500. The van der Waals surface area contributed by atoms with E-state index in [9.17, 15) is 104 Å². The third-order valence-electron chi connectivity index (χ3n) is 3.70. The van der Waals surface area contributed by atoms with E-state index in [0.717, 1.165) is 0 Å². The number of aliphatic carboxylic acids is 9. The molecule has 0 fully saturated rings. The second-order valence-electron chi connectivity index (χ2n) is 7.14. The number of carboxylic acid groups (broad SMARTS) is 9. The minimum Gasteiger partial charge on any atom is -0.845 e. The van der Waals surface area contributed by atoms with Crippen LogP contribution in [-0.2, 0) is 111 Å². The molecule has 0 heterocycles. The second kappa shape index (κ2) is 24.6. The van der Waals surface area contributed by atoms with Crippen molar-refractivity contribution in [2.75, 3.05) is 0 Å². The van der Waals surface area contributed by atoms with Gasteiger partial charge in [0.15, 0.2) is 0 Å². The van der Waals surface area contributed by atoms with E-state index in [1.54, 1.807) is 0 Å².